The molecule has 0 aromatic carbocycles. The fourth-order valence-corrected chi connectivity index (χ4v) is 2.90. The zero-order valence-corrected chi connectivity index (χ0v) is 11.5. The molecule has 3 aliphatic heterocycles. The normalized spacial score (nSPS) is 40.5. The van der Waals surface area contributed by atoms with E-state index in [0.29, 0.717) is 19.8 Å². The van der Waals surface area contributed by atoms with Gasteiger partial charge in [0.15, 0.2) is 0 Å². The summed E-state index contributed by atoms with van der Waals surface area (Å²) >= 11 is 0. The molecule has 1 N–H and O–H groups in total. The van der Waals surface area contributed by atoms with Crippen LogP contribution in [0.25, 0.3) is 0 Å². The van der Waals surface area contributed by atoms with Crippen molar-refractivity contribution in [1.82, 2.24) is 0 Å². The van der Waals surface area contributed by atoms with Gasteiger partial charge in [-0.15, -0.1) is 0 Å². The third kappa shape index (κ3) is 2.80. The fraction of sp³-hybridized carbons (Fsp3) is 0.867. The molecule has 0 aromatic heterocycles. The van der Waals surface area contributed by atoms with Crippen molar-refractivity contribution < 1.29 is 19.3 Å². The molecule has 0 amide bonds. The van der Waals surface area contributed by atoms with Gasteiger partial charge in [0, 0.05) is 5.41 Å². The average molecular weight is 266 g/mol. The number of fused-ring (bicyclic) bond motifs is 3. The van der Waals surface area contributed by atoms with Crippen molar-refractivity contribution in [3.63, 3.8) is 0 Å². The van der Waals surface area contributed by atoms with Crippen molar-refractivity contribution in [2.24, 2.45) is 11.3 Å². The Bertz CT molecular complexity index is 364. The Kier molecular flexibility index (Phi) is 3.57. The van der Waals surface area contributed by atoms with Gasteiger partial charge < -0.3 is 19.3 Å². The first-order chi connectivity index (χ1) is 9.11. The lowest BCUT2D eigenvalue weighted by molar-refractivity contribution is -0.436. The zero-order chi connectivity index (χ0) is 13.3. The van der Waals surface area contributed by atoms with Gasteiger partial charge in [-0.3, -0.25) is 0 Å². The van der Waals surface area contributed by atoms with E-state index < -0.39 is 12.1 Å². The highest BCUT2D eigenvalue weighted by molar-refractivity contribution is 5.14. The van der Waals surface area contributed by atoms with Gasteiger partial charge in [0.1, 0.15) is 6.10 Å². The van der Waals surface area contributed by atoms with E-state index in [4.69, 9.17) is 14.2 Å². The van der Waals surface area contributed by atoms with Crippen molar-refractivity contribution in [3.8, 4) is 11.8 Å². The Morgan fingerprint density at radius 3 is 2.21 bits per heavy atom. The van der Waals surface area contributed by atoms with Crippen LogP contribution in [0.3, 0.4) is 0 Å². The molecule has 4 rings (SSSR count). The van der Waals surface area contributed by atoms with Crippen LogP contribution in [0.2, 0.25) is 0 Å². The van der Waals surface area contributed by atoms with Crippen LogP contribution in [0.15, 0.2) is 0 Å². The first kappa shape index (κ1) is 13.4. The van der Waals surface area contributed by atoms with Crippen LogP contribution in [0, 0.1) is 23.2 Å². The molecule has 19 heavy (non-hydrogen) atoms. The van der Waals surface area contributed by atoms with Gasteiger partial charge in [-0.2, -0.15) is 0 Å². The monoisotopic (exact) mass is 266 g/mol. The fourth-order valence-electron chi connectivity index (χ4n) is 2.90. The van der Waals surface area contributed by atoms with Crippen molar-refractivity contribution >= 4 is 0 Å². The van der Waals surface area contributed by atoms with E-state index in [0.717, 1.165) is 12.8 Å². The molecule has 4 nitrogen and oxygen atoms in total. The van der Waals surface area contributed by atoms with Gasteiger partial charge in [-0.25, -0.2) is 0 Å². The maximum atomic E-state index is 10.1. The van der Waals surface area contributed by atoms with E-state index in [2.05, 4.69) is 18.8 Å². The predicted molar refractivity (Wildman–Crippen MR) is 69.1 cm³/mol. The molecular weight excluding hydrogens is 244 g/mol. The van der Waals surface area contributed by atoms with Crippen molar-refractivity contribution in [3.05, 3.63) is 0 Å². The third-order valence-corrected chi connectivity index (χ3v) is 4.30. The summed E-state index contributed by atoms with van der Waals surface area (Å²) in [4.78, 5) is 0. The number of hydrogen-bond acceptors (Lipinski definition) is 4. The molecule has 3 heterocycles. The van der Waals surface area contributed by atoms with E-state index in [1.165, 1.54) is 19.3 Å². The molecule has 1 unspecified atom stereocenters. The molecule has 4 fully saturated rings. The predicted octanol–water partition coefficient (Wildman–Crippen LogP) is 1.67. The third-order valence-electron chi connectivity index (χ3n) is 4.30. The summed E-state index contributed by atoms with van der Waals surface area (Å²) in [7, 11) is 0. The second kappa shape index (κ2) is 5.06. The molecule has 4 aliphatic rings. The van der Waals surface area contributed by atoms with Crippen LogP contribution in [-0.2, 0) is 14.2 Å². The minimum atomic E-state index is -1.23. The van der Waals surface area contributed by atoms with Crippen LogP contribution in [-0.4, -0.2) is 37.0 Å². The number of ether oxygens (including phenoxy) is 3. The van der Waals surface area contributed by atoms with Gasteiger partial charge in [-0.05, 0) is 24.7 Å². The Labute approximate surface area is 114 Å². The smallest absolute Gasteiger partial charge is 0.353 e. The highest BCUT2D eigenvalue weighted by Crippen LogP contribution is 2.37. The summed E-state index contributed by atoms with van der Waals surface area (Å²) < 4.78 is 16.7. The molecule has 3 saturated heterocycles. The van der Waals surface area contributed by atoms with Crippen LogP contribution < -0.4 is 0 Å². The molecule has 0 spiro atoms. The minimum Gasteiger partial charge on any atom is -0.380 e. The van der Waals surface area contributed by atoms with Crippen LogP contribution >= 0.6 is 0 Å². The Balaban J connectivity index is 1.63. The maximum absolute atomic E-state index is 10.1. The van der Waals surface area contributed by atoms with Crippen molar-refractivity contribution in [2.75, 3.05) is 19.8 Å². The molecule has 1 atom stereocenters. The Hall–Kier alpha value is -0.600. The van der Waals surface area contributed by atoms with Crippen LogP contribution in [0.1, 0.15) is 39.0 Å². The van der Waals surface area contributed by atoms with E-state index in [1.807, 2.05) is 0 Å². The van der Waals surface area contributed by atoms with Gasteiger partial charge >= 0.3 is 5.97 Å². The number of aliphatic hydroxyl groups excluding tert-OH is 1. The molecule has 0 radical (unpaired) electrons. The van der Waals surface area contributed by atoms with Gasteiger partial charge in [0.05, 0.1) is 19.8 Å². The largest absolute Gasteiger partial charge is 0.380 e. The summed E-state index contributed by atoms with van der Waals surface area (Å²) in [6.07, 6.45) is 5.18. The maximum Gasteiger partial charge on any atom is 0.353 e. The molecular formula is C15H22O4. The highest BCUT2D eigenvalue weighted by atomic mass is 16.9. The summed E-state index contributed by atoms with van der Waals surface area (Å²) in [5, 5.41) is 10.1. The topological polar surface area (TPSA) is 47.9 Å². The zero-order valence-electron chi connectivity index (χ0n) is 11.5. The Morgan fingerprint density at radius 1 is 1.05 bits per heavy atom. The molecule has 4 heteroatoms. The molecule has 0 aromatic rings. The second-order valence-corrected chi connectivity index (χ2v) is 6.35. The van der Waals surface area contributed by atoms with Gasteiger partial charge in [0.2, 0.25) is 0 Å². The van der Waals surface area contributed by atoms with Crippen LogP contribution in [0.4, 0.5) is 0 Å². The SMILES string of the molecule is CC12COC(C#CC(O)C3CCCCC3)(OC1)OC2. The van der Waals surface area contributed by atoms with Crippen molar-refractivity contribution in [2.45, 2.75) is 51.1 Å². The van der Waals surface area contributed by atoms with Crippen molar-refractivity contribution in [1.29, 1.82) is 0 Å². The van der Waals surface area contributed by atoms with Crippen LogP contribution in [0.5, 0.6) is 0 Å². The molecule has 1 aliphatic carbocycles. The quantitative estimate of drug-likeness (QED) is 0.733. The lowest BCUT2D eigenvalue weighted by Gasteiger charge is -2.47. The summed E-state index contributed by atoms with van der Waals surface area (Å²) in [6, 6.07) is 0. The first-order valence-corrected chi connectivity index (χ1v) is 7.24. The summed E-state index contributed by atoms with van der Waals surface area (Å²) in [6.45, 7) is 3.87. The summed E-state index contributed by atoms with van der Waals surface area (Å²) in [5.41, 5.74) is -0.0502. The minimum absolute atomic E-state index is 0.0502. The lowest BCUT2D eigenvalue weighted by atomic mass is 9.85. The lowest BCUT2D eigenvalue weighted by Crippen LogP contribution is -2.58. The van der Waals surface area contributed by atoms with Gasteiger partial charge in [0.25, 0.3) is 0 Å². The first-order valence-electron chi connectivity index (χ1n) is 7.24. The van der Waals surface area contributed by atoms with E-state index in [1.54, 1.807) is 0 Å². The standard InChI is InChI=1S/C15H22O4/c1-14-9-17-15(18-10-14,19-11-14)8-7-13(16)12-5-3-2-4-6-12/h12-13,16H,2-6,9-11H2,1H3. The number of aliphatic hydroxyl groups is 1. The number of rotatable bonds is 1. The molecule has 1 saturated carbocycles. The average Bonchev–Trinajstić information content (AvgIpc) is 2.47. The number of hydrogen-bond donors (Lipinski definition) is 1. The molecule has 2 bridgehead atoms. The second-order valence-electron chi connectivity index (χ2n) is 6.35. The van der Waals surface area contributed by atoms with E-state index in [-0.39, 0.29) is 11.3 Å². The molecule has 106 valence electrons. The van der Waals surface area contributed by atoms with Gasteiger partial charge in [-0.1, -0.05) is 32.1 Å². The van der Waals surface area contributed by atoms with E-state index >= 15 is 0 Å². The van der Waals surface area contributed by atoms with E-state index in [9.17, 15) is 5.11 Å². The summed E-state index contributed by atoms with van der Waals surface area (Å²) in [5.74, 6) is 4.81. The highest BCUT2D eigenvalue weighted by Gasteiger charge is 2.49. The Morgan fingerprint density at radius 2 is 1.63 bits per heavy atom.